The second-order valence-electron chi connectivity index (χ2n) is 4.21. The third kappa shape index (κ3) is 2.52. The van der Waals surface area contributed by atoms with Gasteiger partial charge in [0.2, 0.25) is 0 Å². The van der Waals surface area contributed by atoms with Gasteiger partial charge in [-0.1, -0.05) is 17.7 Å². The van der Waals surface area contributed by atoms with E-state index in [1.165, 1.54) is 12.1 Å². The van der Waals surface area contributed by atoms with Crippen molar-refractivity contribution in [1.82, 2.24) is 9.78 Å². The van der Waals surface area contributed by atoms with Crippen LogP contribution in [0.1, 0.15) is 28.5 Å². The van der Waals surface area contributed by atoms with Gasteiger partial charge in [0.05, 0.1) is 17.4 Å². The minimum absolute atomic E-state index is 0.269. The van der Waals surface area contributed by atoms with Gasteiger partial charge in [-0.3, -0.25) is 4.79 Å². The molecular weight excluding hydrogens is 257 g/mol. The number of nitrogens with zero attached hydrogens (tertiary/aromatic N) is 2. The van der Waals surface area contributed by atoms with E-state index in [0.29, 0.717) is 0 Å². The topological polar surface area (TPSA) is 34.9 Å². The Morgan fingerprint density at radius 1 is 1.21 bits per heavy atom. The molecule has 1 heterocycles. The van der Waals surface area contributed by atoms with Crippen LogP contribution in [0.25, 0.3) is 5.69 Å². The summed E-state index contributed by atoms with van der Waals surface area (Å²) in [6.07, 6.45) is -3.69. The van der Waals surface area contributed by atoms with E-state index in [1.54, 1.807) is 12.1 Å². The van der Waals surface area contributed by atoms with Gasteiger partial charge >= 0.3 is 6.18 Å². The zero-order valence-corrected chi connectivity index (χ0v) is 10.3. The molecule has 0 atom stereocenters. The number of benzene rings is 1. The zero-order valence-electron chi connectivity index (χ0n) is 10.3. The molecule has 0 bridgehead atoms. The first kappa shape index (κ1) is 13.3. The first-order chi connectivity index (χ1) is 8.80. The summed E-state index contributed by atoms with van der Waals surface area (Å²) in [7, 11) is 0. The number of rotatable bonds is 2. The summed E-state index contributed by atoms with van der Waals surface area (Å²) in [6, 6.07) is 6.43. The Kier molecular flexibility index (Phi) is 3.18. The summed E-state index contributed by atoms with van der Waals surface area (Å²) >= 11 is 0. The normalized spacial score (nSPS) is 11.6. The van der Waals surface area contributed by atoms with E-state index in [9.17, 15) is 18.0 Å². The number of hydrogen-bond acceptors (Lipinski definition) is 2. The zero-order chi connectivity index (χ0) is 14.2. The fourth-order valence-electron chi connectivity index (χ4n) is 1.76. The predicted octanol–water partition coefficient (Wildman–Crippen LogP) is 3.40. The average Bonchev–Trinajstić information content (AvgIpc) is 2.74. The van der Waals surface area contributed by atoms with Gasteiger partial charge in [0.15, 0.2) is 11.5 Å². The van der Waals surface area contributed by atoms with Crippen LogP contribution in [0.4, 0.5) is 13.2 Å². The summed E-state index contributed by atoms with van der Waals surface area (Å²) in [5.74, 6) is -0.661. The minimum Gasteiger partial charge on any atom is -0.294 e. The second kappa shape index (κ2) is 4.53. The molecule has 2 rings (SSSR count). The van der Waals surface area contributed by atoms with Crippen LogP contribution in [-0.4, -0.2) is 15.6 Å². The van der Waals surface area contributed by atoms with Gasteiger partial charge in [-0.25, -0.2) is 4.68 Å². The maximum Gasteiger partial charge on any atom is 0.434 e. The molecule has 100 valence electrons. The van der Waals surface area contributed by atoms with E-state index in [0.717, 1.165) is 23.4 Å². The Hall–Kier alpha value is -2.11. The maximum atomic E-state index is 13.1. The van der Waals surface area contributed by atoms with Crippen LogP contribution in [0.5, 0.6) is 0 Å². The number of halogens is 3. The van der Waals surface area contributed by atoms with Crippen LogP contribution in [0, 0.1) is 6.92 Å². The first-order valence-electron chi connectivity index (χ1n) is 5.54. The van der Waals surface area contributed by atoms with Crippen LogP contribution in [-0.2, 0) is 6.18 Å². The number of ketones is 1. The van der Waals surface area contributed by atoms with Gasteiger partial charge < -0.3 is 0 Å². The Morgan fingerprint density at radius 2 is 1.79 bits per heavy atom. The van der Waals surface area contributed by atoms with E-state index in [-0.39, 0.29) is 5.69 Å². The van der Waals surface area contributed by atoms with Crippen molar-refractivity contribution in [3.8, 4) is 5.69 Å². The number of alkyl halides is 3. The van der Waals surface area contributed by atoms with Crippen LogP contribution >= 0.6 is 0 Å². The summed E-state index contributed by atoms with van der Waals surface area (Å²) in [5.41, 5.74) is -0.265. The highest BCUT2D eigenvalue weighted by atomic mass is 19.4. The maximum absolute atomic E-state index is 13.1. The van der Waals surface area contributed by atoms with Crippen LogP contribution in [0.3, 0.4) is 0 Å². The molecule has 2 aromatic rings. The Labute approximate surface area is 107 Å². The molecule has 19 heavy (non-hydrogen) atoms. The number of Topliss-reactive ketones (excluding diaryl/α,β-unsaturated/α-hetero) is 1. The van der Waals surface area contributed by atoms with E-state index >= 15 is 0 Å². The third-order valence-electron chi connectivity index (χ3n) is 2.70. The fourth-order valence-corrected chi connectivity index (χ4v) is 1.76. The van der Waals surface area contributed by atoms with Crippen molar-refractivity contribution in [2.75, 3.05) is 0 Å². The minimum atomic E-state index is -4.64. The SMILES string of the molecule is CC(=O)c1cnn(-c2ccc(C)cc2)c1C(F)(F)F. The van der Waals surface area contributed by atoms with Crippen molar-refractivity contribution >= 4 is 5.78 Å². The quantitative estimate of drug-likeness (QED) is 0.782. The highest BCUT2D eigenvalue weighted by Gasteiger charge is 2.39. The molecule has 6 heteroatoms. The molecule has 3 nitrogen and oxygen atoms in total. The lowest BCUT2D eigenvalue weighted by Gasteiger charge is -2.12. The highest BCUT2D eigenvalue weighted by molar-refractivity contribution is 5.95. The molecule has 1 aromatic carbocycles. The Balaban J connectivity index is 2.64. The van der Waals surface area contributed by atoms with Gasteiger partial charge in [0.25, 0.3) is 0 Å². The van der Waals surface area contributed by atoms with Gasteiger partial charge in [-0.2, -0.15) is 18.3 Å². The van der Waals surface area contributed by atoms with Crippen molar-refractivity contribution in [1.29, 1.82) is 0 Å². The van der Waals surface area contributed by atoms with Crippen molar-refractivity contribution in [2.24, 2.45) is 0 Å². The standard InChI is InChI=1S/C13H11F3N2O/c1-8-3-5-10(6-4-8)18-12(13(14,15)16)11(7-17-18)9(2)19/h3-7H,1-2H3. The average molecular weight is 268 g/mol. The Bertz CT molecular complexity index is 612. The number of aromatic nitrogens is 2. The molecule has 0 aliphatic rings. The molecule has 0 saturated carbocycles. The lowest BCUT2D eigenvalue weighted by molar-refractivity contribution is -0.143. The molecule has 1 aromatic heterocycles. The van der Waals surface area contributed by atoms with Crippen molar-refractivity contribution in [3.05, 3.63) is 47.3 Å². The lowest BCUT2D eigenvalue weighted by atomic mass is 10.1. The van der Waals surface area contributed by atoms with E-state index < -0.39 is 23.2 Å². The molecule has 0 unspecified atom stereocenters. The van der Waals surface area contributed by atoms with E-state index in [1.807, 2.05) is 6.92 Å². The second-order valence-corrected chi connectivity index (χ2v) is 4.21. The summed E-state index contributed by atoms with van der Waals surface area (Å²) in [6.45, 7) is 2.92. The monoisotopic (exact) mass is 268 g/mol. The lowest BCUT2D eigenvalue weighted by Crippen LogP contribution is -2.16. The summed E-state index contributed by atoms with van der Waals surface area (Å²) in [4.78, 5) is 11.3. The number of carbonyl (C=O) groups excluding carboxylic acids is 1. The van der Waals surface area contributed by atoms with Crippen molar-refractivity contribution in [2.45, 2.75) is 20.0 Å². The largest absolute Gasteiger partial charge is 0.434 e. The van der Waals surface area contributed by atoms with Gasteiger partial charge in [-0.05, 0) is 26.0 Å². The van der Waals surface area contributed by atoms with E-state index in [4.69, 9.17) is 0 Å². The molecule has 0 aliphatic carbocycles. The third-order valence-corrected chi connectivity index (χ3v) is 2.70. The molecule has 0 amide bonds. The molecule has 0 N–H and O–H groups in total. The van der Waals surface area contributed by atoms with E-state index in [2.05, 4.69) is 5.10 Å². The molecular formula is C13H11F3N2O. The smallest absolute Gasteiger partial charge is 0.294 e. The first-order valence-corrected chi connectivity index (χ1v) is 5.54. The highest BCUT2D eigenvalue weighted by Crippen LogP contribution is 2.33. The van der Waals surface area contributed by atoms with Gasteiger partial charge in [-0.15, -0.1) is 0 Å². The number of aryl methyl sites for hydroxylation is 1. The number of hydrogen-bond donors (Lipinski definition) is 0. The molecule has 0 aliphatic heterocycles. The Morgan fingerprint density at radius 3 is 2.26 bits per heavy atom. The predicted molar refractivity (Wildman–Crippen MR) is 63.3 cm³/mol. The van der Waals surface area contributed by atoms with Crippen LogP contribution < -0.4 is 0 Å². The molecule has 0 spiro atoms. The van der Waals surface area contributed by atoms with Gasteiger partial charge in [0.1, 0.15) is 0 Å². The molecule has 0 fully saturated rings. The summed E-state index contributed by atoms with van der Waals surface area (Å²) in [5, 5.41) is 3.68. The number of carbonyl (C=O) groups is 1. The van der Waals surface area contributed by atoms with Crippen molar-refractivity contribution < 1.29 is 18.0 Å². The summed E-state index contributed by atoms with van der Waals surface area (Å²) < 4.78 is 39.9. The van der Waals surface area contributed by atoms with Crippen LogP contribution in [0.2, 0.25) is 0 Å². The molecule has 0 saturated heterocycles. The van der Waals surface area contributed by atoms with Crippen LogP contribution in [0.15, 0.2) is 30.5 Å². The van der Waals surface area contributed by atoms with Crippen molar-refractivity contribution in [3.63, 3.8) is 0 Å². The molecule has 0 radical (unpaired) electrons. The van der Waals surface area contributed by atoms with Gasteiger partial charge in [0, 0.05) is 0 Å². The fraction of sp³-hybridized carbons (Fsp3) is 0.231.